The van der Waals surface area contributed by atoms with E-state index in [1.54, 1.807) is 39.8 Å². The van der Waals surface area contributed by atoms with Crippen molar-refractivity contribution < 1.29 is 53.2 Å². The first-order chi connectivity index (χ1) is 29.7. The van der Waals surface area contributed by atoms with Crippen LogP contribution in [0.25, 0.3) is 6.08 Å². The normalized spacial score (nSPS) is 13.7. The summed E-state index contributed by atoms with van der Waals surface area (Å²) in [4.78, 5) is 98.6. The third-order valence-corrected chi connectivity index (χ3v) is 10.1. The maximum absolute atomic E-state index is 14.3. The van der Waals surface area contributed by atoms with Crippen molar-refractivity contribution in [1.82, 2.24) is 10.3 Å². The summed E-state index contributed by atoms with van der Waals surface area (Å²) < 4.78 is 10.4. The number of aliphatic hydroxyl groups is 1. The molecule has 0 saturated heterocycles. The number of hydrogen-bond donors (Lipinski definition) is 7. The Morgan fingerprint density at radius 1 is 0.778 bits per heavy atom. The molecule has 2 heterocycles. The van der Waals surface area contributed by atoms with E-state index in [4.69, 9.17) is 14.5 Å². The second-order valence-corrected chi connectivity index (χ2v) is 16.1. The van der Waals surface area contributed by atoms with Crippen LogP contribution in [0.3, 0.4) is 0 Å². The second-order valence-electron chi connectivity index (χ2n) is 16.1. The Bertz CT molecular complexity index is 2370. The van der Waals surface area contributed by atoms with Crippen molar-refractivity contribution in [3.63, 3.8) is 0 Å². The van der Waals surface area contributed by atoms with Gasteiger partial charge in [0, 0.05) is 29.9 Å². The molecule has 17 nitrogen and oxygen atoms in total. The van der Waals surface area contributed by atoms with Crippen molar-refractivity contribution in [2.45, 2.75) is 93.6 Å². The van der Waals surface area contributed by atoms with Crippen LogP contribution in [0.15, 0.2) is 70.4 Å². The highest BCUT2D eigenvalue weighted by atomic mass is 16.6. The molecule has 17 heteroatoms. The molecule has 0 radical (unpaired) electrons. The van der Waals surface area contributed by atoms with E-state index < -0.39 is 53.8 Å². The molecule has 1 atom stereocenters. The van der Waals surface area contributed by atoms with E-state index in [0.717, 1.165) is 0 Å². The highest BCUT2D eigenvalue weighted by Crippen LogP contribution is 2.37. The lowest BCUT2D eigenvalue weighted by molar-refractivity contribution is -0.157. The Kier molecular flexibility index (Phi) is 16.5. The molecule has 0 spiro atoms. The van der Waals surface area contributed by atoms with Crippen molar-refractivity contribution in [1.29, 1.82) is 0 Å². The summed E-state index contributed by atoms with van der Waals surface area (Å²) >= 11 is 0. The highest BCUT2D eigenvalue weighted by Gasteiger charge is 2.34. The van der Waals surface area contributed by atoms with Crippen LogP contribution in [-0.4, -0.2) is 81.9 Å². The van der Waals surface area contributed by atoms with Crippen molar-refractivity contribution in [3.05, 3.63) is 93.3 Å². The lowest BCUT2D eigenvalue weighted by atomic mass is 9.91. The number of nitrogens with one attached hydrogen (secondary N) is 5. The number of carbonyl (C=O) groups excluding carboxylic acids is 6. The number of nitrogens with zero attached hydrogens (tertiary/aromatic N) is 1. The van der Waals surface area contributed by atoms with Gasteiger partial charge in [0.2, 0.25) is 11.8 Å². The number of aromatic carboxylic acids is 1. The van der Waals surface area contributed by atoms with Crippen LogP contribution in [0, 0.1) is 11.3 Å². The van der Waals surface area contributed by atoms with Gasteiger partial charge in [-0.15, -0.1) is 0 Å². The van der Waals surface area contributed by atoms with Gasteiger partial charge in [0.1, 0.15) is 31.0 Å². The molecule has 4 amide bonds. The van der Waals surface area contributed by atoms with Gasteiger partial charge in [-0.05, 0) is 85.7 Å². The fraction of sp³-hybridized carbons (Fsp3) is 0.391. The highest BCUT2D eigenvalue weighted by molar-refractivity contribution is 6.30. The molecule has 7 N–H and O–H groups in total. The smallest absolute Gasteiger partial charge is 0.338 e. The standard InChI is InChI=1S/C46H56N6O11/c1-10-33(54)51-39-37(41(56)47-28-17-13-15-26(19-28)43(58)59)35(24(4)5)31(49-39)21-32-36(25(6)7)38(40(50-32)52-34(55)11-2)42(57)48-29-18-14-16-27(20-29)44(60)62-22-30(53)23-63-45(61)46(8,9)12-3/h13-21,24-25,30,49,53H,10-12,22-23H2,1-9H3,(H,47,56)(H,48,57)(H,51,54)(H,58,59)(H,50,52,55)/b32-21-. The van der Waals surface area contributed by atoms with Gasteiger partial charge < -0.3 is 45.9 Å². The molecule has 0 fully saturated rings. The largest absolute Gasteiger partial charge is 0.478 e. The van der Waals surface area contributed by atoms with E-state index in [2.05, 4.69) is 26.3 Å². The zero-order valence-electron chi connectivity index (χ0n) is 37.0. The van der Waals surface area contributed by atoms with Gasteiger partial charge in [0.15, 0.2) is 0 Å². The van der Waals surface area contributed by atoms with Crippen molar-refractivity contribution >= 4 is 70.6 Å². The quantitative estimate of drug-likeness (QED) is 0.0654. The van der Waals surface area contributed by atoms with Gasteiger partial charge in [-0.3, -0.25) is 24.0 Å². The Hall–Kier alpha value is -6.88. The van der Waals surface area contributed by atoms with Crippen molar-refractivity contribution in [2.24, 2.45) is 16.3 Å². The van der Waals surface area contributed by atoms with Crippen molar-refractivity contribution in [3.8, 4) is 0 Å². The van der Waals surface area contributed by atoms with Crippen LogP contribution < -0.4 is 21.3 Å². The summed E-state index contributed by atoms with van der Waals surface area (Å²) in [6.45, 7) is 15.1. The van der Waals surface area contributed by atoms with Crippen LogP contribution >= 0.6 is 0 Å². The zero-order valence-corrected chi connectivity index (χ0v) is 37.0. The molecule has 1 aliphatic rings. The van der Waals surface area contributed by atoms with Gasteiger partial charge in [-0.2, -0.15) is 0 Å². The van der Waals surface area contributed by atoms with E-state index in [1.165, 1.54) is 42.5 Å². The number of anilines is 3. The van der Waals surface area contributed by atoms with E-state index >= 15 is 0 Å². The van der Waals surface area contributed by atoms with Gasteiger partial charge >= 0.3 is 17.9 Å². The molecular formula is C46H56N6O11. The molecule has 2 aromatic carbocycles. The average molecular weight is 869 g/mol. The number of H-pyrrole nitrogens is 1. The number of carboxylic acids is 1. The fourth-order valence-electron chi connectivity index (χ4n) is 6.32. The molecule has 3 aromatic rings. The number of carboxylic acid groups (broad SMARTS) is 1. The number of hydrogen-bond acceptors (Lipinski definition) is 11. The van der Waals surface area contributed by atoms with Gasteiger partial charge in [0.05, 0.1) is 33.4 Å². The Labute approximate surface area is 365 Å². The minimum Gasteiger partial charge on any atom is -0.478 e. The summed E-state index contributed by atoms with van der Waals surface area (Å²) in [6, 6.07) is 11.6. The monoisotopic (exact) mass is 868 g/mol. The predicted octanol–water partition coefficient (Wildman–Crippen LogP) is 6.80. The summed E-state index contributed by atoms with van der Waals surface area (Å²) in [5, 5.41) is 30.8. The van der Waals surface area contributed by atoms with Crippen molar-refractivity contribution in [2.75, 3.05) is 29.2 Å². The summed E-state index contributed by atoms with van der Waals surface area (Å²) in [5.74, 6) is -5.20. The topological polar surface area (TPSA) is 255 Å². The van der Waals surface area contributed by atoms with Crippen LogP contribution in [0.4, 0.5) is 17.2 Å². The Balaban J connectivity index is 1.71. The fourth-order valence-corrected chi connectivity index (χ4v) is 6.32. The number of aromatic nitrogens is 1. The molecule has 1 aliphatic heterocycles. The first kappa shape index (κ1) is 48.8. The summed E-state index contributed by atoms with van der Waals surface area (Å²) in [5.41, 5.74) is 1.41. The molecule has 4 rings (SSSR count). The van der Waals surface area contributed by atoms with E-state index in [1.807, 2.05) is 34.6 Å². The van der Waals surface area contributed by atoms with Gasteiger partial charge in [-0.1, -0.05) is 60.6 Å². The number of esters is 2. The number of aliphatic imine (C=N–C) groups is 1. The SMILES string of the molecule is CCC(=O)NC1=N/C(=C\c2[nH]c(NC(=O)CC)c(C(=O)Nc3cccc(C(=O)O)c3)c2C(C)C)C(C(C)C)=C1C(=O)Nc1cccc(C(=O)OCC(O)COC(=O)C(C)(C)CC)c1. The first-order valence-electron chi connectivity index (χ1n) is 20.7. The minimum absolute atomic E-state index is 0.0321. The molecule has 63 heavy (non-hydrogen) atoms. The molecule has 1 aromatic heterocycles. The second kappa shape index (κ2) is 21.3. The Morgan fingerprint density at radius 2 is 1.35 bits per heavy atom. The van der Waals surface area contributed by atoms with E-state index in [-0.39, 0.29) is 88.2 Å². The minimum atomic E-state index is -1.27. The molecule has 336 valence electrons. The molecule has 1 unspecified atom stereocenters. The van der Waals surface area contributed by atoms with E-state index in [0.29, 0.717) is 23.3 Å². The number of rotatable bonds is 18. The van der Waals surface area contributed by atoms with Crippen LogP contribution in [0.1, 0.15) is 130 Å². The third kappa shape index (κ3) is 12.4. The molecule has 0 aliphatic carbocycles. The van der Waals surface area contributed by atoms with Gasteiger partial charge in [0.25, 0.3) is 11.8 Å². The summed E-state index contributed by atoms with van der Waals surface area (Å²) in [6.07, 6.45) is 1.06. The van der Waals surface area contributed by atoms with E-state index in [9.17, 15) is 43.8 Å². The maximum atomic E-state index is 14.3. The first-order valence-corrected chi connectivity index (χ1v) is 20.7. The predicted molar refractivity (Wildman–Crippen MR) is 237 cm³/mol. The number of aliphatic hydroxyl groups excluding tert-OH is 1. The number of aromatic amines is 1. The molecular weight excluding hydrogens is 813 g/mol. The number of carbonyl (C=O) groups is 7. The molecule has 0 bridgehead atoms. The third-order valence-electron chi connectivity index (χ3n) is 10.1. The maximum Gasteiger partial charge on any atom is 0.338 e. The van der Waals surface area contributed by atoms with Crippen LogP contribution in [-0.2, 0) is 28.7 Å². The Morgan fingerprint density at radius 3 is 1.92 bits per heavy atom. The number of benzene rings is 2. The zero-order chi connectivity index (χ0) is 46.8. The van der Waals surface area contributed by atoms with Gasteiger partial charge in [-0.25, -0.2) is 14.6 Å². The lowest BCUT2D eigenvalue weighted by Crippen LogP contribution is -2.34. The molecule has 0 saturated carbocycles. The lowest BCUT2D eigenvalue weighted by Gasteiger charge is -2.21. The number of amides is 4. The number of ether oxygens (including phenoxy) is 2. The number of amidine groups is 1. The van der Waals surface area contributed by atoms with Crippen LogP contribution in [0.5, 0.6) is 0 Å². The van der Waals surface area contributed by atoms with Crippen LogP contribution in [0.2, 0.25) is 0 Å². The number of allylic oxidation sites excluding steroid dienone is 1. The average Bonchev–Trinajstić information content (AvgIpc) is 3.79. The summed E-state index contributed by atoms with van der Waals surface area (Å²) in [7, 11) is 0.